The third kappa shape index (κ3) is 7.98. The van der Waals surface area contributed by atoms with Crippen LogP contribution < -0.4 is 14.2 Å². The number of ether oxygens (including phenoxy) is 3. The Labute approximate surface area is 184 Å². The molecule has 0 atom stereocenters. The second-order valence-corrected chi connectivity index (χ2v) is 7.02. The third-order valence-corrected chi connectivity index (χ3v) is 4.61. The molecule has 31 heavy (non-hydrogen) atoms. The fourth-order valence-corrected chi connectivity index (χ4v) is 2.94. The van der Waals surface area contributed by atoms with E-state index in [9.17, 15) is 17.6 Å². The summed E-state index contributed by atoms with van der Waals surface area (Å²) in [5.41, 5.74) is 1.22. The zero-order chi connectivity index (χ0) is 22.9. The molecule has 2 aromatic rings. The molecule has 0 unspecified atom stereocenters. The molecule has 0 radical (unpaired) electrons. The zero-order valence-electron chi connectivity index (χ0n) is 17.4. The van der Waals surface area contributed by atoms with Crippen LogP contribution >= 0.6 is 11.6 Å². The number of halogens is 5. The van der Waals surface area contributed by atoms with E-state index in [4.69, 9.17) is 25.8 Å². The summed E-state index contributed by atoms with van der Waals surface area (Å²) < 4.78 is 67.4. The molecule has 0 aliphatic rings. The van der Waals surface area contributed by atoms with Gasteiger partial charge in [-0.1, -0.05) is 25.4 Å². The SMILES string of the molecule is CCc1cc(OC/C=C(/F)Cl)cc(CC)c1OCCCOc1ccc(C(F)(F)F)cc1. The van der Waals surface area contributed by atoms with Gasteiger partial charge in [-0.15, -0.1) is 0 Å². The molecule has 8 heteroatoms. The van der Waals surface area contributed by atoms with Crippen LogP contribution in [0, 0.1) is 0 Å². The molecule has 0 aromatic heterocycles. The van der Waals surface area contributed by atoms with Gasteiger partial charge in [0.15, 0.2) is 5.29 Å². The molecule has 0 N–H and O–H groups in total. The number of benzene rings is 2. The maximum absolute atomic E-state index is 12.6. The zero-order valence-corrected chi connectivity index (χ0v) is 18.2. The molecular formula is C23H25ClF4O3. The Hall–Kier alpha value is -2.41. The van der Waals surface area contributed by atoms with Crippen LogP contribution in [0.1, 0.15) is 37.0 Å². The summed E-state index contributed by atoms with van der Waals surface area (Å²) in [6, 6.07) is 8.30. The van der Waals surface area contributed by atoms with Crippen molar-refractivity contribution in [2.45, 2.75) is 39.3 Å². The molecule has 0 amide bonds. The van der Waals surface area contributed by atoms with Gasteiger partial charge >= 0.3 is 6.18 Å². The Balaban J connectivity index is 1.90. The first-order chi connectivity index (χ1) is 14.7. The van der Waals surface area contributed by atoms with Crippen LogP contribution in [0.25, 0.3) is 0 Å². The van der Waals surface area contributed by atoms with Crippen molar-refractivity contribution in [3.63, 3.8) is 0 Å². The minimum Gasteiger partial charge on any atom is -0.493 e. The quantitative estimate of drug-likeness (QED) is 0.264. The molecule has 170 valence electrons. The first-order valence-electron chi connectivity index (χ1n) is 9.97. The minimum absolute atomic E-state index is 0.0309. The Kier molecular flexibility index (Phi) is 9.49. The smallest absolute Gasteiger partial charge is 0.416 e. The lowest BCUT2D eigenvalue weighted by Crippen LogP contribution is -2.08. The molecule has 0 saturated carbocycles. The highest BCUT2D eigenvalue weighted by molar-refractivity contribution is 6.28. The average molecular weight is 461 g/mol. The van der Waals surface area contributed by atoms with E-state index in [1.54, 1.807) is 0 Å². The molecule has 2 aromatic carbocycles. The van der Waals surface area contributed by atoms with E-state index in [-0.39, 0.29) is 6.61 Å². The maximum atomic E-state index is 12.6. The van der Waals surface area contributed by atoms with E-state index in [1.807, 2.05) is 26.0 Å². The van der Waals surface area contributed by atoms with Crippen LogP contribution in [0.15, 0.2) is 47.8 Å². The highest BCUT2D eigenvalue weighted by atomic mass is 35.5. The van der Waals surface area contributed by atoms with Crippen LogP contribution in [0.5, 0.6) is 17.2 Å². The van der Waals surface area contributed by atoms with Crippen LogP contribution in [-0.2, 0) is 19.0 Å². The minimum atomic E-state index is -4.36. The Bertz CT molecular complexity index is 835. The lowest BCUT2D eigenvalue weighted by molar-refractivity contribution is -0.137. The van der Waals surface area contributed by atoms with Crippen molar-refractivity contribution in [1.29, 1.82) is 0 Å². The van der Waals surface area contributed by atoms with Gasteiger partial charge in [0.25, 0.3) is 0 Å². The molecule has 0 aliphatic carbocycles. The van der Waals surface area contributed by atoms with Crippen molar-refractivity contribution < 1.29 is 31.8 Å². The first kappa shape index (κ1) is 24.9. The van der Waals surface area contributed by atoms with E-state index in [0.717, 1.165) is 47.9 Å². The predicted molar refractivity (Wildman–Crippen MR) is 113 cm³/mol. The van der Waals surface area contributed by atoms with Gasteiger partial charge in [-0.2, -0.15) is 17.6 Å². The molecule has 0 aliphatic heterocycles. The van der Waals surface area contributed by atoms with Crippen molar-refractivity contribution in [3.8, 4) is 17.2 Å². The lowest BCUT2D eigenvalue weighted by atomic mass is 10.0. The first-order valence-corrected chi connectivity index (χ1v) is 10.3. The molecule has 3 nitrogen and oxygen atoms in total. The van der Waals surface area contributed by atoms with Crippen LogP contribution in [-0.4, -0.2) is 19.8 Å². The average Bonchev–Trinajstić information content (AvgIpc) is 2.73. The summed E-state index contributed by atoms with van der Waals surface area (Å²) in [6.45, 7) is 4.73. The van der Waals surface area contributed by atoms with E-state index in [0.29, 0.717) is 31.1 Å². The van der Waals surface area contributed by atoms with E-state index >= 15 is 0 Å². The second-order valence-electron chi connectivity index (χ2n) is 6.66. The summed E-state index contributed by atoms with van der Waals surface area (Å²) in [6.07, 6.45) is -1.22. The maximum Gasteiger partial charge on any atom is 0.416 e. The van der Waals surface area contributed by atoms with E-state index in [1.165, 1.54) is 12.1 Å². The fourth-order valence-electron chi connectivity index (χ4n) is 2.88. The Morgan fingerprint density at radius 2 is 1.48 bits per heavy atom. The van der Waals surface area contributed by atoms with Gasteiger partial charge in [-0.25, -0.2) is 0 Å². The van der Waals surface area contributed by atoms with Crippen molar-refractivity contribution in [2.75, 3.05) is 19.8 Å². The fraction of sp³-hybridized carbons (Fsp3) is 0.391. The third-order valence-electron chi connectivity index (χ3n) is 4.45. The van der Waals surface area contributed by atoms with E-state index in [2.05, 4.69) is 0 Å². The number of alkyl halides is 3. The molecule has 0 fully saturated rings. The number of rotatable bonds is 11. The molecule has 2 rings (SSSR count). The van der Waals surface area contributed by atoms with E-state index < -0.39 is 17.0 Å². The van der Waals surface area contributed by atoms with Crippen molar-refractivity contribution in [3.05, 3.63) is 64.5 Å². The predicted octanol–water partition coefficient (Wildman–Crippen LogP) is 7.11. The molecular weight excluding hydrogens is 436 g/mol. The van der Waals surface area contributed by atoms with Gasteiger partial charge in [0.1, 0.15) is 23.9 Å². The Morgan fingerprint density at radius 1 is 0.903 bits per heavy atom. The summed E-state index contributed by atoms with van der Waals surface area (Å²) in [5.74, 6) is 1.77. The highest BCUT2D eigenvalue weighted by Crippen LogP contribution is 2.32. The van der Waals surface area contributed by atoms with Crippen LogP contribution in [0.3, 0.4) is 0 Å². The number of aryl methyl sites for hydroxylation is 2. The second kappa shape index (κ2) is 11.8. The summed E-state index contributed by atoms with van der Waals surface area (Å²) in [7, 11) is 0. The van der Waals surface area contributed by atoms with Gasteiger partial charge in [0, 0.05) is 12.5 Å². The molecule has 0 saturated heterocycles. The highest BCUT2D eigenvalue weighted by Gasteiger charge is 2.30. The van der Waals surface area contributed by atoms with Crippen molar-refractivity contribution in [1.82, 2.24) is 0 Å². The van der Waals surface area contributed by atoms with Gasteiger partial charge in [0.05, 0.1) is 18.8 Å². The lowest BCUT2D eigenvalue weighted by Gasteiger charge is -2.17. The molecule has 0 spiro atoms. The number of hydrogen-bond acceptors (Lipinski definition) is 3. The van der Waals surface area contributed by atoms with Gasteiger partial charge in [-0.05, 0) is 60.4 Å². The largest absolute Gasteiger partial charge is 0.493 e. The summed E-state index contributed by atoms with van der Waals surface area (Å²) >= 11 is 5.17. The van der Waals surface area contributed by atoms with Crippen LogP contribution in [0.4, 0.5) is 17.6 Å². The van der Waals surface area contributed by atoms with Crippen molar-refractivity contribution in [2.24, 2.45) is 0 Å². The standard InChI is InChI=1S/C23H25ClF4O3/c1-3-16-14-20(30-13-10-21(24)25)15-17(4-2)22(16)31-12-5-11-29-19-8-6-18(7-9-19)23(26,27)28/h6-10,14-15H,3-5,11-13H2,1-2H3/b21-10+. The van der Waals surface area contributed by atoms with Gasteiger partial charge < -0.3 is 14.2 Å². The van der Waals surface area contributed by atoms with Gasteiger partial charge in [0.2, 0.25) is 0 Å². The van der Waals surface area contributed by atoms with Crippen molar-refractivity contribution >= 4 is 11.6 Å². The molecule has 0 heterocycles. The monoisotopic (exact) mass is 460 g/mol. The van der Waals surface area contributed by atoms with Gasteiger partial charge in [-0.3, -0.25) is 0 Å². The van der Waals surface area contributed by atoms with Crippen LogP contribution in [0.2, 0.25) is 0 Å². The normalized spacial score (nSPS) is 12.0. The molecule has 0 bridgehead atoms. The number of hydrogen-bond donors (Lipinski definition) is 0. The topological polar surface area (TPSA) is 27.7 Å². The Morgan fingerprint density at radius 3 is 2.00 bits per heavy atom. The summed E-state index contributed by atoms with van der Waals surface area (Å²) in [4.78, 5) is 0. The summed E-state index contributed by atoms with van der Waals surface area (Å²) in [5, 5.41) is -0.815.